The van der Waals surface area contributed by atoms with Crippen molar-refractivity contribution in [3.05, 3.63) is 57.6 Å². The standard InChI is InChI=1S/C14H12Cl2N2O/c1-8-2-4-11(16)13(6-8)18-14(19)10-7-9(15)3-5-12(10)17/h2-7H,17H2,1H3,(H,18,19). The fraction of sp³-hybridized carbons (Fsp3) is 0.0714. The zero-order chi connectivity index (χ0) is 14.0. The second-order valence-corrected chi connectivity index (χ2v) is 5.01. The lowest BCUT2D eigenvalue weighted by Crippen LogP contribution is -2.14. The van der Waals surface area contributed by atoms with Gasteiger partial charge in [0.25, 0.3) is 5.91 Å². The van der Waals surface area contributed by atoms with Gasteiger partial charge in [-0.2, -0.15) is 0 Å². The molecule has 0 aliphatic carbocycles. The molecule has 3 nitrogen and oxygen atoms in total. The van der Waals surface area contributed by atoms with Crippen molar-refractivity contribution < 1.29 is 4.79 Å². The molecule has 98 valence electrons. The Morgan fingerprint density at radius 3 is 2.63 bits per heavy atom. The molecule has 0 aliphatic rings. The molecular formula is C14H12Cl2N2O. The Morgan fingerprint density at radius 1 is 1.16 bits per heavy atom. The summed E-state index contributed by atoms with van der Waals surface area (Å²) in [5, 5.41) is 3.65. The van der Waals surface area contributed by atoms with E-state index in [2.05, 4.69) is 5.32 Å². The molecule has 0 unspecified atom stereocenters. The number of anilines is 2. The highest BCUT2D eigenvalue weighted by Gasteiger charge is 2.12. The largest absolute Gasteiger partial charge is 0.398 e. The van der Waals surface area contributed by atoms with E-state index in [9.17, 15) is 4.79 Å². The molecule has 0 aromatic heterocycles. The van der Waals surface area contributed by atoms with Gasteiger partial charge in [0.2, 0.25) is 0 Å². The number of benzene rings is 2. The number of carbonyl (C=O) groups is 1. The molecule has 19 heavy (non-hydrogen) atoms. The van der Waals surface area contributed by atoms with E-state index in [4.69, 9.17) is 28.9 Å². The average Bonchev–Trinajstić information content (AvgIpc) is 2.36. The van der Waals surface area contributed by atoms with Gasteiger partial charge < -0.3 is 11.1 Å². The molecule has 0 aliphatic heterocycles. The maximum absolute atomic E-state index is 12.1. The summed E-state index contributed by atoms with van der Waals surface area (Å²) in [5.41, 5.74) is 8.00. The topological polar surface area (TPSA) is 55.1 Å². The molecule has 5 heteroatoms. The number of rotatable bonds is 2. The Morgan fingerprint density at radius 2 is 1.89 bits per heavy atom. The molecule has 0 radical (unpaired) electrons. The Bertz CT molecular complexity index is 641. The zero-order valence-electron chi connectivity index (χ0n) is 10.2. The summed E-state index contributed by atoms with van der Waals surface area (Å²) in [6.07, 6.45) is 0. The van der Waals surface area contributed by atoms with Crippen LogP contribution in [0.3, 0.4) is 0 Å². The summed E-state index contributed by atoms with van der Waals surface area (Å²) in [5.74, 6) is -0.340. The van der Waals surface area contributed by atoms with E-state index in [-0.39, 0.29) is 5.91 Å². The van der Waals surface area contributed by atoms with Gasteiger partial charge in [-0.25, -0.2) is 0 Å². The minimum absolute atomic E-state index is 0.324. The third-order valence-corrected chi connectivity index (χ3v) is 3.19. The molecular weight excluding hydrogens is 283 g/mol. The number of nitrogens with one attached hydrogen (secondary N) is 1. The van der Waals surface area contributed by atoms with E-state index in [1.807, 2.05) is 13.0 Å². The first-order chi connectivity index (χ1) is 8.97. The lowest BCUT2D eigenvalue weighted by atomic mass is 10.1. The van der Waals surface area contributed by atoms with Crippen LogP contribution in [-0.2, 0) is 0 Å². The maximum Gasteiger partial charge on any atom is 0.257 e. The molecule has 0 bridgehead atoms. The van der Waals surface area contributed by atoms with Crippen molar-refractivity contribution in [1.29, 1.82) is 0 Å². The number of hydrogen-bond acceptors (Lipinski definition) is 2. The van der Waals surface area contributed by atoms with Gasteiger partial charge in [0, 0.05) is 10.7 Å². The number of aryl methyl sites for hydroxylation is 1. The lowest BCUT2D eigenvalue weighted by molar-refractivity contribution is 0.102. The Hall–Kier alpha value is -1.71. The lowest BCUT2D eigenvalue weighted by Gasteiger charge is -2.10. The second-order valence-electron chi connectivity index (χ2n) is 4.17. The monoisotopic (exact) mass is 294 g/mol. The highest BCUT2D eigenvalue weighted by atomic mass is 35.5. The van der Waals surface area contributed by atoms with Crippen LogP contribution in [0.25, 0.3) is 0 Å². The van der Waals surface area contributed by atoms with Gasteiger partial charge in [-0.15, -0.1) is 0 Å². The Balaban J connectivity index is 2.30. The normalized spacial score (nSPS) is 10.3. The summed E-state index contributed by atoms with van der Waals surface area (Å²) in [7, 11) is 0. The van der Waals surface area contributed by atoms with Crippen molar-refractivity contribution in [2.75, 3.05) is 11.1 Å². The number of halogens is 2. The fourth-order valence-corrected chi connectivity index (χ4v) is 1.99. The van der Waals surface area contributed by atoms with Gasteiger partial charge in [0.15, 0.2) is 0 Å². The molecule has 1 amide bonds. The molecule has 2 rings (SSSR count). The maximum atomic E-state index is 12.1. The van der Waals surface area contributed by atoms with Gasteiger partial charge in [0.05, 0.1) is 16.3 Å². The fourth-order valence-electron chi connectivity index (χ4n) is 1.65. The van der Waals surface area contributed by atoms with Crippen LogP contribution in [0.4, 0.5) is 11.4 Å². The predicted molar refractivity (Wildman–Crippen MR) is 80.0 cm³/mol. The minimum atomic E-state index is -0.340. The van der Waals surface area contributed by atoms with Gasteiger partial charge >= 0.3 is 0 Å². The van der Waals surface area contributed by atoms with Crippen LogP contribution in [0.5, 0.6) is 0 Å². The van der Waals surface area contributed by atoms with E-state index >= 15 is 0 Å². The minimum Gasteiger partial charge on any atom is -0.398 e. The van der Waals surface area contributed by atoms with Gasteiger partial charge in [-0.1, -0.05) is 29.3 Å². The quantitative estimate of drug-likeness (QED) is 0.818. The van der Waals surface area contributed by atoms with Gasteiger partial charge in [0.1, 0.15) is 0 Å². The predicted octanol–water partition coefficient (Wildman–Crippen LogP) is 4.14. The van der Waals surface area contributed by atoms with Crippen LogP contribution in [0.15, 0.2) is 36.4 Å². The molecule has 2 aromatic rings. The number of carbonyl (C=O) groups excluding carboxylic acids is 1. The van der Waals surface area contributed by atoms with Crippen LogP contribution in [0.1, 0.15) is 15.9 Å². The summed E-state index contributed by atoms with van der Waals surface area (Å²) in [4.78, 5) is 12.1. The van der Waals surface area contributed by atoms with Gasteiger partial charge in [-0.05, 0) is 42.8 Å². The van der Waals surface area contributed by atoms with E-state index in [0.29, 0.717) is 27.0 Å². The molecule has 0 atom stereocenters. The third-order valence-electron chi connectivity index (χ3n) is 2.63. The van der Waals surface area contributed by atoms with Crippen LogP contribution in [0, 0.1) is 6.92 Å². The van der Waals surface area contributed by atoms with Crippen molar-refractivity contribution in [2.45, 2.75) is 6.92 Å². The first-order valence-corrected chi connectivity index (χ1v) is 6.35. The Kier molecular flexibility index (Phi) is 3.98. The number of amides is 1. The zero-order valence-corrected chi connectivity index (χ0v) is 11.7. The highest BCUT2D eigenvalue weighted by Crippen LogP contribution is 2.25. The van der Waals surface area contributed by atoms with Crippen LogP contribution in [-0.4, -0.2) is 5.91 Å². The van der Waals surface area contributed by atoms with Gasteiger partial charge in [-0.3, -0.25) is 4.79 Å². The summed E-state index contributed by atoms with van der Waals surface area (Å²) < 4.78 is 0. The summed E-state index contributed by atoms with van der Waals surface area (Å²) in [6, 6.07) is 10.1. The molecule has 0 spiro atoms. The summed E-state index contributed by atoms with van der Waals surface area (Å²) >= 11 is 11.9. The number of nitrogens with two attached hydrogens (primary N) is 1. The van der Waals surface area contributed by atoms with Crippen molar-refractivity contribution in [1.82, 2.24) is 0 Å². The first kappa shape index (κ1) is 13.7. The molecule has 0 saturated heterocycles. The van der Waals surface area contributed by atoms with E-state index < -0.39 is 0 Å². The molecule has 0 heterocycles. The van der Waals surface area contributed by atoms with E-state index in [0.717, 1.165) is 5.56 Å². The SMILES string of the molecule is Cc1ccc(Cl)c(NC(=O)c2cc(Cl)ccc2N)c1. The van der Waals surface area contributed by atoms with Crippen molar-refractivity contribution in [3.63, 3.8) is 0 Å². The van der Waals surface area contributed by atoms with Crippen molar-refractivity contribution in [2.24, 2.45) is 0 Å². The summed E-state index contributed by atoms with van der Waals surface area (Å²) in [6.45, 7) is 1.92. The van der Waals surface area contributed by atoms with Crippen molar-refractivity contribution >= 4 is 40.5 Å². The van der Waals surface area contributed by atoms with E-state index in [1.165, 1.54) is 6.07 Å². The van der Waals surface area contributed by atoms with Crippen LogP contribution < -0.4 is 11.1 Å². The van der Waals surface area contributed by atoms with Crippen LogP contribution in [0.2, 0.25) is 10.0 Å². The smallest absolute Gasteiger partial charge is 0.257 e. The molecule has 2 aromatic carbocycles. The Labute approximate surface area is 121 Å². The molecule has 0 fully saturated rings. The van der Waals surface area contributed by atoms with Crippen molar-refractivity contribution in [3.8, 4) is 0 Å². The number of hydrogen-bond donors (Lipinski definition) is 2. The molecule has 3 N–H and O–H groups in total. The van der Waals surface area contributed by atoms with E-state index in [1.54, 1.807) is 24.3 Å². The second kappa shape index (κ2) is 5.51. The first-order valence-electron chi connectivity index (χ1n) is 5.60. The van der Waals surface area contributed by atoms with Crippen LogP contribution >= 0.6 is 23.2 Å². The number of nitrogen functional groups attached to an aromatic ring is 1. The highest BCUT2D eigenvalue weighted by molar-refractivity contribution is 6.34. The third kappa shape index (κ3) is 3.19. The average molecular weight is 295 g/mol. The molecule has 0 saturated carbocycles.